The van der Waals surface area contributed by atoms with Gasteiger partial charge in [-0.1, -0.05) is 115 Å². The van der Waals surface area contributed by atoms with Gasteiger partial charge in [-0.2, -0.15) is 0 Å². The fraction of sp³-hybridized carbons (Fsp3) is 0. The SMILES string of the molecule is Clc1ccc2oc3ccc4ccc(-c5nc(-c6ccccc6)nc(-c6ccc(-c7ccccc7)cc6)n5)cc4c3c2c1. The van der Waals surface area contributed by atoms with Crippen molar-refractivity contribution in [1.82, 2.24) is 15.0 Å². The second-order valence-corrected chi connectivity index (χ2v) is 10.7. The average molecular weight is 560 g/mol. The van der Waals surface area contributed by atoms with Gasteiger partial charge in [0, 0.05) is 32.5 Å². The Morgan fingerprint density at radius 3 is 1.67 bits per heavy atom. The molecular weight excluding hydrogens is 538 g/mol. The van der Waals surface area contributed by atoms with Crippen LogP contribution in [0.1, 0.15) is 0 Å². The van der Waals surface area contributed by atoms with Crippen molar-refractivity contribution in [2.75, 3.05) is 0 Å². The van der Waals surface area contributed by atoms with Gasteiger partial charge >= 0.3 is 0 Å². The van der Waals surface area contributed by atoms with E-state index in [0.29, 0.717) is 22.5 Å². The summed E-state index contributed by atoms with van der Waals surface area (Å²) in [5.41, 5.74) is 6.69. The number of benzene rings is 6. The molecule has 0 N–H and O–H groups in total. The van der Waals surface area contributed by atoms with Gasteiger partial charge in [-0.3, -0.25) is 0 Å². The molecule has 0 saturated carbocycles. The van der Waals surface area contributed by atoms with Crippen LogP contribution in [-0.2, 0) is 0 Å². The lowest BCUT2D eigenvalue weighted by atomic mass is 10.0. The molecule has 8 aromatic rings. The number of fused-ring (bicyclic) bond motifs is 5. The quantitative estimate of drug-likeness (QED) is 0.215. The summed E-state index contributed by atoms with van der Waals surface area (Å²) >= 11 is 6.38. The van der Waals surface area contributed by atoms with Crippen LogP contribution >= 0.6 is 11.6 Å². The van der Waals surface area contributed by atoms with Crippen molar-refractivity contribution in [1.29, 1.82) is 0 Å². The Balaban J connectivity index is 1.31. The molecule has 0 aliphatic rings. The van der Waals surface area contributed by atoms with E-state index in [1.54, 1.807) is 0 Å². The molecule has 0 aliphatic carbocycles. The van der Waals surface area contributed by atoms with Crippen LogP contribution in [0.3, 0.4) is 0 Å². The highest BCUT2D eigenvalue weighted by molar-refractivity contribution is 6.32. The van der Waals surface area contributed by atoms with Crippen LogP contribution in [0, 0.1) is 0 Å². The lowest BCUT2D eigenvalue weighted by Crippen LogP contribution is -2.00. The molecule has 0 atom stereocenters. The van der Waals surface area contributed by atoms with E-state index in [1.807, 2.05) is 72.8 Å². The maximum atomic E-state index is 6.38. The largest absolute Gasteiger partial charge is 0.456 e. The average Bonchev–Trinajstić information content (AvgIpc) is 3.43. The van der Waals surface area contributed by atoms with E-state index in [-0.39, 0.29) is 0 Å². The van der Waals surface area contributed by atoms with Crippen LogP contribution in [0.4, 0.5) is 0 Å². The van der Waals surface area contributed by atoms with Crippen LogP contribution in [0.5, 0.6) is 0 Å². The smallest absolute Gasteiger partial charge is 0.164 e. The third-order valence-electron chi connectivity index (χ3n) is 7.59. The van der Waals surface area contributed by atoms with Gasteiger partial charge in [0.25, 0.3) is 0 Å². The molecule has 0 spiro atoms. The Morgan fingerprint density at radius 1 is 0.429 bits per heavy atom. The zero-order valence-corrected chi connectivity index (χ0v) is 23.1. The predicted molar refractivity (Wildman–Crippen MR) is 171 cm³/mol. The molecule has 0 amide bonds. The second-order valence-electron chi connectivity index (χ2n) is 10.2. The fourth-order valence-corrected chi connectivity index (χ4v) is 5.67. The minimum atomic E-state index is 0.607. The molecule has 6 aromatic carbocycles. The molecular formula is C37H22ClN3O. The first-order chi connectivity index (χ1) is 20.7. The van der Waals surface area contributed by atoms with Crippen molar-refractivity contribution < 1.29 is 4.42 Å². The molecule has 0 radical (unpaired) electrons. The minimum Gasteiger partial charge on any atom is -0.456 e. The maximum absolute atomic E-state index is 6.38. The summed E-state index contributed by atoms with van der Waals surface area (Å²) in [5, 5.41) is 4.84. The van der Waals surface area contributed by atoms with Gasteiger partial charge in [-0.15, -0.1) is 0 Å². The first kappa shape index (κ1) is 24.5. The monoisotopic (exact) mass is 559 g/mol. The summed E-state index contributed by atoms with van der Waals surface area (Å²) in [6.07, 6.45) is 0. The lowest BCUT2D eigenvalue weighted by molar-refractivity contribution is 0.669. The minimum absolute atomic E-state index is 0.607. The Morgan fingerprint density at radius 2 is 0.952 bits per heavy atom. The molecule has 4 nitrogen and oxygen atoms in total. The van der Waals surface area contributed by atoms with Gasteiger partial charge in [0.15, 0.2) is 17.5 Å². The summed E-state index contributed by atoms with van der Waals surface area (Å²) in [6.45, 7) is 0. The van der Waals surface area contributed by atoms with E-state index in [1.165, 1.54) is 5.56 Å². The highest BCUT2D eigenvalue weighted by Gasteiger charge is 2.15. The zero-order valence-electron chi connectivity index (χ0n) is 22.3. The van der Waals surface area contributed by atoms with Crippen molar-refractivity contribution in [3.63, 3.8) is 0 Å². The standard InChI is InChI=1S/C37H22ClN3O/c38-29-18-20-32-31(22-29)34-30-21-28(16-13-25(30)17-19-33(34)42-32)37-40-35(26-9-5-2-6-10-26)39-36(41-37)27-14-11-24(12-15-27)23-7-3-1-4-8-23/h1-22H. The molecule has 0 aliphatic heterocycles. The first-order valence-electron chi connectivity index (χ1n) is 13.7. The van der Waals surface area contributed by atoms with Gasteiger partial charge in [0.2, 0.25) is 0 Å². The normalized spacial score (nSPS) is 11.5. The number of rotatable bonds is 4. The van der Waals surface area contributed by atoms with E-state index in [9.17, 15) is 0 Å². The van der Waals surface area contributed by atoms with Crippen molar-refractivity contribution in [2.24, 2.45) is 0 Å². The van der Waals surface area contributed by atoms with Gasteiger partial charge in [0.05, 0.1) is 0 Å². The van der Waals surface area contributed by atoms with Crippen molar-refractivity contribution in [3.05, 3.63) is 138 Å². The van der Waals surface area contributed by atoms with Gasteiger partial charge in [0.1, 0.15) is 11.2 Å². The molecule has 42 heavy (non-hydrogen) atoms. The Hall–Kier alpha value is -5.32. The van der Waals surface area contributed by atoms with Gasteiger partial charge in [-0.25, -0.2) is 15.0 Å². The molecule has 2 heterocycles. The van der Waals surface area contributed by atoms with Crippen molar-refractivity contribution >= 4 is 44.3 Å². The lowest BCUT2D eigenvalue weighted by Gasteiger charge is -2.10. The van der Waals surface area contributed by atoms with Crippen LogP contribution in [0.25, 0.3) is 78.0 Å². The number of halogens is 1. The second kappa shape index (κ2) is 9.95. The number of hydrogen-bond acceptors (Lipinski definition) is 4. The summed E-state index contributed by atoms with van der Waals surface area (Å²) < 4.78 is 6.16. The van der Waals surface area contributed by atoms with E-state index < -0.39 is 0 Å². The Bertz CT molecular complexity index is 2240. The molecule has 5 heteroatoms. The number of nitrogens with zero attached hydrogens (tertiary/aromatic N) is 3. The zero-order chi connectivity index (χ0) is 28.0. The summed E-state index contributed by atoms with van der Waals surface area (Å²) in [5.74, 6) is 1.86. The van der Waals surface area contributed by atoms with E-state index >= 15 is 0 Å². The predicted octanol–water partition coefficient (Wildman–Crippen LogP) is 10.2. The van der Waals surface area contributed by atoms with Gasteiger partial charge in [-0.05, 0) is 52.2 Å². The summed E-state index contributed by atoms with van der Waals surface area (Å²) in [6, 6.07) is 44.8. The van der Waals surface area contributed by atoms with Crippen molar-refractivity contribution in [3.8, 4) is 45.3 Å². The maximum Gasteiger partial charge on any atom is 0.164 e. The molecule has 0 unspecified atom stereocenters. The first-order valence-corrected chi connectivity index (χ1v) is 14.1. The summed E-state index contributed by atoms with van der Waals surface area (Å²) in [7, 11) is 0. The third kappa shape index (κ3) is 4.30. The van der Waals surface area contributed by atoms with Crippen LogP contribution < -0.4 is 0 Å². The number of hydrogen-bond donors (Lipinski definition) is 0. The van der Waals surface area contributed by atoms with E-state index in [0.717, 1.165) is 55.0 Å². The molecule has 0 saturated heterocycles. The highest BCUT2D eigenvalue weighted by atomic mass is 35.5. The Kier molecular flexibility index (Phi) is 5.80. The fourth-order valence-electron chi connectivity index (χ4n) is 5.50. The van der Waals surface area contributed by atoms with Crippen LogP contribution in [-0.4, -0.2) is 15.0 Å². The number of furan rings is 1. The third-order valence-corrected chi connectivity index (χ3v) is 7.83. The topological polar surface area (TPSA) is 51.8 Å². The molecule has 0 fully saturated rings. The molecule has 0 bridgehead atoms. The van der Waals surface area contributed by atoms with E-state index in [2.05, 4.69) is 60.7 Å². The number of aromatic nitrogens is 3. The van der Waals surface area contributed by atoms with Gasteiger partial charge < -0.3 is 4.42 Å². The van der Waals surface area contributed by atoms with E-state index in [4.69, 9.17) is 31.0 Å². The summed E-state index contributed by atoms with van der Waals surface area (Å²) in [4.78, 5) is 14.8. The van der Waals surface area contributed by atoms with Crippen LogP contribution in [0.15, 0.2) is 138 Å². The molecule has 2 aromatic heterocycles. The molecule has 8 rings (SSSR count). The molecule has 198 valence electrons. The van der Waals surface area contributed by atoms with Crippen molar-refractivity contribution in [2.45, 2.75) is 0 Å². The highest BCUT2D eigenvalue weighted by Crippen LogP contribution is 2.37. The van der Waals surface area contributed by atoms with Crippen LogP contribution in [0.2, 0.25) is 5.02 Å². The Labute approximate surface area is 246 Å².